The van der Waals surface area contributed by atoms with Gasteiger partial charge in [-0.2, -0.15) is 0 Å². The van der Waals surface area contributed by atoms with Crippen molar-refractivity contribution < 1.29 is 19.1 Å². The van der Waals surface area contributed by atoms with Gasteiger partial charge < -0.3 is 14.4 Å². The van der Waals surface area contributed by atoms with E-state index in [9.17, 15) is 9.59 Å². The van der Waals surface area contributed by atoms with E-state index in [0.717, 1.165) is 12.8 Å². The summed E-state index contributed by atoms with van der Waals surface area (Å²) in [5.41, 5.74) is 2.75. The molecule has 0 aromatic heterocycles. The van der Waals surface area contributed by atoms with E-state index >= 15 is 0 Å². The van der Waals surface area contributed by atoms with Gasteiger partial charge in [0.2, 0.25) is 0 Å². The van der Waals surface area contributed by atoms with E-state index in [2.05, 4.69) is 19.0 Å². The Morgan fingerprint density at radius 2 is 1.30 bits per heavy atom. The quantitative estimate of drug-likeness (QED) is 0.582. The first-order chi connectivity index (χ1) is 9.36. The molecule has 0 heterocycles. The van der Waals surface area contributed by atoms with Gasteiger partial charge in [-0.05, 0) is 26.9 Å². The van der Waals surface area contributed by atoms with Crippen LogP contribution in [0.25, 0.3) is 0 Å². The SMILES string of the molecule is CC(=O)O[C@H]1CC2=C(CC(N(C)C)C2)C[C@H]1OC(C)=O. The minimum Gasteiger partial charge on any atom is -0.458 e. The van der Waals surface area contributed by atoms with E-state index in [-0.39, 0.29) is 24.1 Å². The molecule has 0 saturated heterocycles. The topological polar surface area (TPSA) is 55.8 Å². The molecule has 0 N–H and O–H groups in total. The number of hydrogen-bond donors (Lipinski definition) is 0. The lowest BCUT2D eigenvalue weighted by Crippen LogP contribution is -2.37. The van der Waals surface area contributed by atoms with Gasteiger partial charge in [0.25, 0.3) is 0 Å². The van der Waals surface area contributed by atoms with Crippen LogP contribution in [0, 0.1) is 0 Å². The minimum absolute atomic E-state index is 0.321. The number of carbonyl (C=O) groups is 2. The van der Waals surface area contributed by atoms with Gasteiger partial charge in [-0.25, -0.2) is 0 Å². The van der Waals surface area contributed by atoms with Gasteiger partial charge in [0, 0.05) is 32.7 Å². The fourth-order valence-electron chi connectivity index (χ4n) is 3.16. The van der Waals surface area contributed by atoms with E-state index < -0.39 is 0 Å². The first kappa shape index (κ1) is 15.0. The summed E-state index contributed by atoms with van der Waals surface area (Å²) in [6.45, 7) is 2.79. The zero-order valence-corrected chi connectivity index (χ0v) is 12.6. The average molecular weight is 281 g/mol. The minimum atomic E-state index is -0.337. The smallest absolute Gasteiger partial charge is 0.303 e. The summed E-state index contributed by atoms with van der Waals surface area (Å²) in [4.78, 5) is 24.7. The zero-order valence-electron chi connectivity index (χ0n) is 12.6. The van der Waals surface area contributed by atoms with Crippen molar-refractivity contribution in [1.29, 1.82) is 0 Å². The maximum absolute atomic E-state index is 11.2. The molecule has 3 atom stereocenters. The summed E-state index contributed by atoms with van der Waals surface area (Å²) >= 11 is 0. The molecule has 0 amide bonds. The summed E-state index contributed by atoms with van der Waals surface area (Å²) in [5, 5.41) is 0. The molecule has 0 saturated carbocycles. The standard InChI is InChI=1S/C15H23NO4/c1-9(17)19-14-7-11-5-13(16(3)4)6-12(11)8-15(14)20-10(2)18/h13-15H,5-8H2,1-4H3/t13?,14-,15+. The highest BCUT2D eigenvalue weighted by molar-refractivity contribution is 5.67. The van der Waals surface area contributed by atoms with Gasteiger partial charge >= 0.3 is 11.9 Å². The Kier molecular flexibility index (Phi) is 4.48. The maximum Gasteiger partial charge on any atom is 0.303 e. The monoisotopic (exact) mass is 281 g/mol. The van der Waals surface area contributed by atoms with Crippen molar-refractivity contribution in [1.82, 2.24) is 4.90 Å². The van der Waals surface area contributed by atoms with Gasteiger partial charge in [0.05, 0.1) is 0 Å². The van der Waals surface area contributed by atoms with Crippen molar-refractivity contribution in [3.63, 3.8) is 0 Å². The van der Waals surface area contributed by atoms with Crippen LogP contribution >= 0.6 is 0 Å². The Bertz CT molecular complexity index is 405. The molecule has 0 aliphatic heterocycles. The molecule has 2 rings (SSSR count). The molecule has 5 nitrogen and oxygen atoms in total. The molecular formula is C15H23NO4. The van der Waals surface area contributed by atoms with E-state index in [1.54, 1.807) is 0 Å². The molecule has 0 aromatic carbocycles. The average Bonchev–Trinajstić information content (AvgIpc) is 2.70. The summed E-state index contributed by atoms with van der Waals surface area (Å²) in [7, 11) is 4.16. The second-order valence-corrected chi connectivity index (χ2v) is 5.94. The maximum atomic E-state index is 11.2. The lowest BCUT2D eigenvalue weighted by atomic mass is 9.89. The third kappa shape index (κ3) is 3.39. The van der Waals surface area contributed by atoms with Crippen LogP contribution in [0.4, 0.5) is 0 Å². The molecular weight excluding hydrogens is 258 g/mol. The van der Waals surface area contributed by atoms with Gasteiger partial charge in [-0.1, -0.05) is 11.1 Å². The van der Waals surface area contributed by atoms with Crippen molar-refractivity contribution in [2.75, 3.05) is 14.1 Å². The van der Waals surface area contributed by atoms with Gasteiger partial charge in [0.1, 0.15) is 12.2 Å². The number of esters is 2. The molecule has 0 radical (unpaired) electrons. The predicted molar refractivity (Wildman–Crippen MR) is 74.1 cm³/mol. The lowest BCUT2D eigenvalue weighted by molar-refractivity contribution is -0.165. The second-order valence-electron chi connectivity index (χ2n) is 5.94. The highest BCUT2D eigenvalue weighted by atomic mass is 16.6. The normalized spacial score (nSPS) is 29.4. The fraction of sp³-hybridized carbons (Fsp3) is 0.733. The Balaban J connectivity index is 2.10. The second kappa shape index (κ2) is 5.95. The first-order valence-corrected chi connectivity index (χ1v) is 7.07. The molecule has 20 heavy (non-hydrogen) atoms. The Hall–Kier alpha value is -1.36. The van der Waals surface area contributed by atoms with E-state index in [0.29, 0.717) is 18.9 Å². The van der Waals surface area contributed by atoms with Crippen molar-refractivity contribution in [2.45, 2.75) is 57.8 Å². The van der Waals surface area contributed by atoms with Crippen LogP contribution in [0.1, 0.15) is 39.5 Å². The first-order valence-electron chi connectivity index (χ1n) is 7.07. The molecule has 0 aromatic rings. The molecule has 2 aliphatic rings. The van der Waals surface area contributed by atoms with Crippen LogP contribution < -0.4 is 0 Å². The highest BCUT2D eigenvalue weighted by Crippen LogP contribution is 2.40. The summed E-state index contributed by atoms with van der Waals surface area (Å²) in [6.07, 6.45) is 2.75. The fourth-order valence-corrected chi connectivity index (χ4v) is 3.16. The number of rotatable bonds is 3. The summed E-state index contributed by atoms with van der Waals surface area (Å²) < 4.78 is 10.7. The lowest BCUT2D eigenvalue weighted by Gasteiger charge is -2.31. The Morgan fingerprint density at radius 3 is 1.60 bits per heavy atom. The number of carbonyl (C=O) groups excluding carboxylic acids is 2. The largest absolute Gasteiger partial charge is 0.458 e. The number of ether oxygens (including phenoxy) is 2. The molecule has 2 aliphatic carbocycles. The number of nitrogens with zero attached hydrogens (tertiary/aromatic N) is 1. The van der Waals surface area contributed by atoms with E-state index in [1.165, 1.54) is 25.0 Å². The van der Waals surface area contributed by atoms with E-state index in [1.807, 2.05) is 0 Å². The Labute approximate surface area is 119 Å². The summed E-state index contributed by atoms with van der Waals surface area (Å²) in [5.74, 6) is -0.642. The zero-order chi connectivity index (χ0) is 14.9. The van der Waals surface area contributed by atoms with Crippen LogP contribution in [0.15, 0.2) is 11.1 Å². The van der Waals surface area contributed by atoms with Gasteiger partial charge in [-0.15, -0.1) is 0 Å². The highest BCUT2D eigenvalue weighted by Gasteiger charge is 2.38. The number of hydrogen-bond acceptors (Lipinski definition) is 5. The van der Waals surface area contributed by atoms with Gasteiger partial charge in [-0.3, -0.25) is 9.59 Å². The van der Waals surface area contributed by atoms with Crippen LogP contribution in [0.2, 0.25) is 0 Å². The molecule has 0 bridgehead atoms. The van der Waals surface area contributed by atoms with Crippen molar-refractivity contribution >= 4 is 11.9 Å². The van der Waals surface area contributed by atoms with Crippen LogP contribution in [0.5, 0.6) is 0 Å². The van der Waals surface area contributed by atoms with Gasteiger partial charge in [0.15, 0.2) is 0 Å². The third-order valence-corrected chi connectivity index (χ3v) is 4.14. The third-order valence-electron chi connectivity index (χ3n) is 4.14. The van der Waals surface area contributed by atoms with Crippen molar-refractivity contribution in [3.8, 4) is 0 Å². The van der Waals surface area contributed by atoms with Crippen LogP contribution in [0.3, 0.4) is 0 Å². The van der Waals surface area contributed by atoms with Crippen molar-refractivity contribution in [3.05, 3.63) is 11.1 Å². The molecule has 0 spiro atoms. The molecule has 1 unspecified atom stereocenters. The van der Waals surface area contributed by atoms with Crippen molar-refractivity contribution in [2.24, 2.45) is 0 Å². The predicted octanol–water partition coefficient (Wildman–Crippen LogP) is 1.66. The van der Waals surface area contributed by atoms with Crippen LogP contribution in [-0.2, 0) is 19.1 Å². The van der Waals surface area contributed by atoms with Crippen LogP contribution in [-0.4, -0.2) is 49.2 Å². The molecule has 5 heteroatoms. The van der Waals surface area contributed by atoms with E-state index in [4.69, 9.17) is 9.47 Å². The summed E-state index contributed by atoms with van der Waals surface area (Å²) in [6, 6.07) is 0.508. The molecule has 112 valence electrons. The molecule has 0 fully saturated rings. The Morgan fingerprint density at radius 1 is 0.900 bits per heavy atom.